The van der Waals surface area contributed by atoms with E-state index < -0.39 is 0 Å². The molecule has 0 saturated heterocycles. The van der Waals surface area contributed by atoms with Crippen LogP contribution in [0.2, 0.25) is 0 Å². The summed E-state index contributed by atoms with van der Waals surface area (Å²) in [6, 6.07) is 7.48. The van der Waals surface area contributed by atoms with Crippen molar-refractivity contribution in [1.82, 2.24) is 10.2 Å². The molecule has 15 heavy (non-hydrogen) atoms. The van der Waals surface area contributed by atoms with Gasteiger partial charge in [0.2, 0.25) is 0 Å². The molecule has 0 radical (unpaired) electrons. The van der Waals surface area contributed by atoms with Gasteiger partial charge in [0, 0.05) is 5.56 Å². The Labute approximate surface area is 93.1 Å². The monoisotopic (exact) mass is 268 g/mol. The predicted octanol–water partition coefficient (Wildman–Crippen LogP) is 2.34. The van der Waals surface area contributed by atoms with E-state index in [4.69, 9.17) is 0 Å². The van der Waals surface area contributed by atoms with Gasteiger partial charge in [0.25, 0.3) is 5.56 Å². The molecule has 1 N–H and O–H groups in total. The van der Waals surface area contributed by atoms with E-state index in [0.717, 1.165) is 5.56 Å². The van der Waals surface area contributed by atoms with Crippen LogP contribution in [-0.4, -0.2) is 10.2 Å². The predicted molar refractivity (Wildman–Crippen MR) is 58.0 cm³/mol. The van der Waals surface area contributed by atoms with Crippen molar-refractivity contribution in [3.63, 3.8) is 0 Å². The second-order valence-corrected chi connectivity index (χ2v) is 3.79. The van der Waals surface area contributed by atoms with Crippen LogP contribution in [0.5, 0.6) is 0 Å². The molecule has 1 aromatic carbocycles. The minimum Gasteiger partial charge on any atom is -0.267 e. The van der Waals surface area contributed by atoms with Crippen molar-refractivity contribution in [2.45, 2.75) is 0 Å². The van der Waals surface area contributed by atoms with Gasteiger partial charge in [-0.1, -0.05) is 0 Å². The minimum absolute atomic E-state index is 0.291. The minimum atomic E-state index is -0.303. The number of aromatic nitrogens is 2. The molecule has 0 aliphatic carbocycles. The van der Waals surface area contributed by atoms with E-state index in [0.29, 0.717) is 10.2 Å². The summed E-state index contributed by atoms with van der Waals surface area (Å²) in [4.78, 5) is 11.0. The SMILES string of the molecule is O=c1[nH]nc(-c2ccc(F)cc2)cc1Br. The molecule has 76 valence electrons. The second-order valence-electron chi connectivity index (χ2n) is 2.94. The molecule has 0 aliphatic heterocycles. The fourth-order valence-corrected chi connectivity index (χ4v) is 1.46. The standard InChI is InChI=1S/C10H6BrFN2O/c11-8-5-9(13-14-10(8)15)6-1-3-7(12)4-2-6/h1-5H,(H,14,15). The van der Waals surface area contributed by atoms with Crippen LogP contribution >= 0.6 is 15.9 Å². The quantitative estimate of drug-likeness (QED) is 0.863. The summed E-state index contributed by atoms with van der Waals surface area (Å²) in [6.45, 7) is 0. The molecular formula is C10H6BrFN2O. The van der Waals surface area contributed by atoms with Gasteiger partial charge in [0.05, 0.1) is 10.2 Å². The molecule has 2 rings (SSSR count). The van der Waals surface area contributed by atoms with Crippen molar-refractivity contribution in [3.8, 4) is 11.3 Å². The maximum atomic E-state index is 12.7. The highest BCUT2D eigenvalue weighted by Gasteiger charge is 2.02. The number of aromatic amines is 1. The van der Waals surface area contributed by atoms with E-state index in [-0.39, 0.29) is 11.4 Å². The lowest BCUT2D eigenvalue weighted by atomic mass is 10.1. The number of benzene rings is 1. The van der Waals surface area contributed by atoms with Gasteiger partial charge in [-0.15, -0.1) is 0 Å². The summed E-state index contributed by atoms with van der Waals surface area (Å²) < 4.78 is 13.1. The van der Waals surface area contributed by atoms with Crippen molar-refractivity contribution in [2.75, 3.05) is 0 Å². The highest BCUT2D eigenvalue weighted by atomic mass is 79.9. The Morgan fingerprint density at radius 2 is 1.93 bits per heavy atom. The molecule has 1 heterocycles. The summed E-state index contributed by atoms with van der Waals surface area (Å²) in [7, 11) is 0. The molecule has 0 fully saturated rings. The molecule has 0 amide bonds. The number of rotatable bonds is 1. The zero-order chi connectivity index (χ0) is 10.8. The molecule has 0 spiro atoms. The lowest BCUT2D eigenvalue weighted by molar-refractivity contribution is 0.628. The average molecular weight is 269 g/mol. The van der Waals surface area contributed by atoms with Crippen molar-refractivity contribution < 1.29 is 4.39 Å². The summed E-state index contributed by atoms with van der Waals surface area (Å²) in [5.41, 5.74) is 1.04. The first-order valence-electron chi connectivity index (χ1n) is 4.18. The first-order valence-corrected chi connectivity index (χ1v) is 4.97. The smallest absolute Gasteiger partial charge is 0.267 e. The van der Waals surface area contributed by atoms with Gasteiger partial charge in [-0.2, -0.15) is 5.10 Å². The maximum absolute atomic E-state index is 12.7. The van der Waals surface area contributed by atoms with Gasteiger partial charge in [-0.3, -0.25) is 4.79 Å². The lowest BCUT2D eigenvalue weighted by Crippen LogP contribution is -2.08. The summed E-state index contributed by atoms with van der Waals surface area (Å²) in [5.74, 6) is -0.303. The molecule has 0 saturated carbocycles. The van der Waals surface area contributed by atoms with Gasteiger partial charge in [0.15, 0.2) is 0 Å². The molecule has 0 atom stereocenters. The summed E-state index contributed by atoms with van der Waals surface area (Å²) >= 11 is 3.10. The van der Waals surface area contributed by atoms with Crippen LogP contribution < -0.4 is 5.56 Å². The fourth-order valence-electron chi connectivity index (χ4n) is 1.15. The zero-order valence-electron chi connectivity index (χ0n) is 7.50. The number of hydrogen-bond donors (Lipinski definition) is 1. The zero-order valence-corrected chi connectivity index (χ0v) is 9.08. The van der Waals surface area contributed by atoms with E-state index in [2.05, 4.69) is 26.1 Å². The second kappa shape index (κ2) is 3.94. The third-order valence-corrected chi connectivity index (χ3v) is 2.49. The first kappa shape index (κ1) is 10.0. The maximum Gasteiger partial charge on any atom is 0.278 e. The number of nitrogens with one attached hydrogen (secondary N) is 1. The highest BCUT2D eigenvalue weighted by Crippen LogP contribution is 2.17. The van der Waals surface area contributed by atoms with Crippen molar-refractivity contribution >= 4 is 15.9 Å². The Bertz CT molecular complexity index is 536. The van der Waals surface area contributed by atoms with Gasteiger partial charge in [0.1, 0.15) is 5.82 Å². The molecular weight excluding hydrogens is 263 g/mol. The molecule has 0 unspecified atom stereocenters. The van der Waals surface area contributed by atoms with Crippen molar-refractivity contribution in [1.29, 1.82) is 0 Å². The topological polar surface area (TPSA) is 45.8 Å². The third kappa shape index (κ3) is 2.12. The Kier molecular flexibility index (Phi) is 2.64. The molecule has 3 nitrogen and oxygen atoms in total. The summed E-state index contributed by atoms with van der Waals surface area (Å²) in [6.07, 6.45) is 0. The number of H-pyrrole nitrogens is 1. The Morgan fingerprint density at radius 1 is 1.27 bits per heavy atom. The van der Waals surface area contributed by atoms with Crippen LogP contribution in [-0.2, 0) is 0 Å². The Balaban J connectivity index is 2.50. The molecule has 1 aromatic heterocycles. The lowest BCUT2D eigenvalue weighted by Gasteiger charge is -1.99. The van der Waals surface area contributed by atoms with E-state index in [9.17, 15) is 9.18 Å². The third-order valence-electron chi connectivity index (χ3n) is 1.90. The first-order chi connectivity index (χ1) is 7.16. The summed E-state index contributed by atoms with van der Waals surface area (Å²) in [5, 5.41) is 6.18. The average Bonchev–Trinajstić information content (AvgIpc) is 2.23. The van der Waals surface area contributed by atoms with Crippen LogP contribution in [0.1, 0.15) is 0 Å². The van der Waals surface area contributed by atoms with Gasteiger partial charge in [-0.05, 0) is 46.3 Å². The van der Waals surface area contributed by atoms with Crippen molar-refractivity contribution in [3.05, 3.63) is 51.0 Å². The van der Waals surface area contributed by atoms with Crippen molar-refractivity contribution in [2.24, 2.45) is 0 Å². The van der Waals surface area contributed by atoms with Crippen LogP contribution in [0.25, 0.3) is 11.3 Å². The molecule has 2 aromatic rings. The van der Waals surface area contributed by atoms with E-state index in [1.54, 1.807) is 18.2 Å². The fraction of sp³-hybridized carbons (Fsp3) is 0. The molecule has 0 bridgehead atoms. The van der Waals surface area contributed by atoms with Gasteiger partial charge < -0.3 is 0 Å². The van der Waals surface area contributed by atoms with E-state index in [1.807, 2.05) is 0 Å². The Hall–Kier alpha value is -1.49. The highest BCUT2D eigenvalue weighted by molar-refractivity contribution is 9.10. The van der Waals surface area contributed by atoms with Crippen LogP contribution in [0.15, 0.2) is 39.6 Å². The number of halogens is 2. The number of nitrogens with zero attached hydrogens (tertiary/aromatic N) is 1. The van der Waals surface area contributed by atoms with Gasteiger partial charge in [-0.25, -0.2) is 9.49 Å². The van der Waals surface area contributed by atoms with Gasteiger partial charge >= 0.3 is 0 Å². The largest absolute Gasteiger partial charge is 0.278 e. The van der Waals surface area contributed by atoms with Crippen LogP contribution in [0, 0.1) is 5.82 Å². The molecule has 0 aliphatic rings. The number of hydrogen-bond acceptors (Lipinski definition) is 2. The van der Waals surface area contributed by atoms with E-state index in [1.165, 1.54) is 12.1 Å². The van der Waals surface area contributed by atoms with Crippen LogP contribution in [0.4, 0.5) is 4.39 Å². The van der Waals surface area contributed by atoms with E-state index >= 15 is 0 Å². The Morgan fingerprint density at radius 3 is 2.53 bits per heavy atom. The van der Waals surface area contributed by atoms with Crippen LogP contribution in [0.3, 0.4) is 0 Å². The molecule has 5 heteroatoms. The normalized spacial score (nSPS) is 10.3.